The van der Waals surface area contributed by atoms with E-state index in [9.17, 15) is 9.59 Å². The van der Waals surface area contributed by atoms with Crippen molar-refractivity contribution in [1.82, 2.24) is 4.90 Å². The Morgan fingerprint density at radius 1 is 0.619 bits per heavy atom. The first-order valence-electron chi connectivity index (χ1n) is 14.0. The van der Waals surface area contributed by atoms with Gasteiger partial charge in [-0.15, -0.1) is 0 Å². The van der Waals surface area contributed by atoms with E-state index in [1.807, 2.05) is 115 Å². The molecule has 0 aliphatic heterocycles. The van der Waals surface area contributed by atoms with Crippen molar-refractivity contribution in [3.8, 4) is 11.1 Å². The summed E-state index contributed by atoms with van der Waals surface area (Å²) in [5, 5.41) is 0. The van der Waals surface area contributed by atoms with Crippen molar-refractivity contribution in [3.05, 3.63) is 167 Å². The van der Waals surface area contributed by atoms with E-state index in [1.54, 1.807) is 7.05 Å². The first kappa shape index (κ1) is 27.0. The van der Waals surface area contributed by atoms with Crippen LogP contribution in [0.3, 0.4) is 0 Å². The van der Waals surface area contributed by atoms with Gasteiger partial charge in [0.25, 0.3) is 0 Å². The van der Waals surface area contributed by atoms with Crippen LogP contribution in [0.1, 0.15) is 33.7 Å². The van der Waals surface area contributed by atoms with E-state index in [-0.39, 0.29) is 19.1 Å². The van der Waals surface area contributed by atoms with Gasteiger partial charge in [0.2, 0.25) is 0 Å². The summed E-state index contributed by atoms with van der Waals surface area (Å²) in [6.45, 7) is -0.0981. The minimum atomic E-state index is -1.21. The van der Waals surface area contributed by atoms with Gasteiger partial charge in [-0.3, -0.25) is 4.79 Å². The summed E-state index contributed by atoms with van der Waals surface area (Å²) in [6.07, 6.45) is -0.585. The van der Waals surface area contributed by atoms with E-state index in [2.05, 4.69) is 24.3 Å². The van der Waals surface area contributed by atoms with E-state index in [4.69, 9.17) is 9.47 Å². The van der Waals surface area contributed by atoms with Crippen LogP contribution in [0.25, 0.3) is 11.1 Å². The van der Waals surface area contributed by atoms with Gasteiger partial charge in [0.1, 0.15) is 13.2 Å². The third-order valence-electron chi connectivity index (χ3n) is 7.82. The van der Waals surface area contributed by atoms with Crippen molar-refractivity contribution >= 4 is 12.1 Å². The molecule has 6 rings (SSSR count). The Labute approximate surface area is 246 Å². The Morgan fingerprint density at radius 2 is 1.02 bits per heavy atom. The van der Waals surface area contributed by atoms with Gasteiger partial charge in [-0.1, -0.05) is 140 Å². The second-order valence-electron chi connectivity index (χ2n) is 10.4. The third-order valence-corrected chi connectivity index (χ3v) is 7.82. The number of carbonyl (C=O) groups excluding carboxylic acids is 2. The Balaban J connectivity index is 1.21. The highest BCUT2D eigenvalue weighted by Gasteiger charge is 2.41. The number of carbonyl (C=O) groups is 2. The first-order valence-corrected chi connectivity index (χ1v) is 14.0. The zero-order valence-electron chi connectivity index (χ0n) is 23.4. The SMILES string of the molecule is CN(CC(=O)OC(c1ccccc1)(c1ccccc1)c1ccccc1)C(=O)OCC1c2ccccc2-c2ccccc21. The van der Waals surface area contributed by atoms with Crippen LogP contribution in [-0.2, 0) is 19.9 Å². The average molecular weight is 554 g/mol. The largest absolute Gasteiger partial charge is 0.448 e. The number of hydrogen-bond acceptors (Lipinski definition) is 4. The topological polar surface area (TPSA) is 55.8 Å². The normalized spacial score (nSPS) is 12.2. The van der Waals surface area contributed by atoms with Crippen molar-refractivity contribution in [1.29, 1.82) is 0 Å². The lowest BCUT2D eigenvalue weighted by atomic mass is 9.80. The molecule has 5 nitrogen and oxygen atoms in total. The molecular weight excluding hydrogens is 522 g/mol. The summed E-state index contributed by atoms with van der Waals surface area (Å²) in [5.74, 6) is -0.619. The molecule has 1 aliphatic carbocycles. The number of likely N-dealkylation sites (N-methyl/N-ethyl adjacent to an activating group) is 1. The minimum absolute atomic E-state index is 0.0661. The van der Waals surface area contributed by atoms with E-state index in [1.165, 1.54) is 4.90 Å². The quantitative estimate of drug-likeness (QED) is 0.148. The maximum absolute atomic E-state index is 13.6. The number of esters is 1. The number of ether oxygens (including phenoxy) is 2. The fraction of sp³-hybridized carbons (Fsp3) is 0.135. The van der Waals surface area contributed by atoms with Crippen LogP contribution in [-0.4, -0.2) is 37.2 Å². The van der Waals surface area contributed by atoms with Gasteiger partial charge in [-0.2, -0.15) is 0 Å². The predicted molar refractivity (Wildman–Crippen MR) is 163 cm³/mol. The average Bonchev–Trinajstić information content (AvgIpc) is 3.37. The Hall–Kier alpha value is -5.16. The maximum atomic E-state index is 13.6. The van der Waals surface area contributed by atoms with Crippen molar-refractivity contribution in [2.24, 2.45) is 0 Å². The van der Waals surface area contributed by atoms with Crippen LogP contribution in [0.5, 0.6) is 0 Å². The second kappa shape index (κ2) is 11.8. The fourth-order valence-corrected chi connectivity index (χ4v) is 5.86. The van der Waals surface area contributed by atoms with Gasteiger partial charge in [0.05, 0.1) is 0 Å². The number of amides is 1. The van der Waals surface area contributed by atoms with Crippen LogP contribution >= 0.6 is 0 Å². The number of hydrogen-bond donors (Lipinski definition) is 0. The zero-order valence-corrected chi connectivity index (χ0v) is 23.4. The summed E-state index contributed by atoms with van der Waals surface area (Å²) in [7, 11) is 1.55. The first-order chi connectivity index (χ1) is 20.6. The van der Waals surface area contributed by atoms with Gasteiger partial charge in [0.15, 0.2) is 5.60 Å². The molecule has 0 saturated heterocycles. The summed E-state index contributed by atoms with van der Waals surface area (Å²) in [4.78, 5) is 28.0. The zero-order chi connectivity index (χ0) is 28.9. The van der Waals surface area contributed by atoms with Crippen molar-refractivity contribution < 1.29 is 19.1 Å². The molecule has 0 N–H and O–H groups in total. The van der Waals surface area contributed by atoms with Crippen molar-refractivity contribution in [3.63, 3.8) is 0 Å². The van der Waals surface area contributed by atoms with Crippen LogP contribution in [0.4, 0.5) is 4.79 Å². The molecule has 0 saturated carbocycles. The Kier molecular flexibility index (Phi) is 7.56. The van der Waals surface area contributed by atoms with E-state index in [0.717, 1.165) is 38.9 Å². The molecule has 0 fully saturated rings. The highest BCUT2D eigenvalue weighted by molar-refractivity contribution is 5.80. The molecule has 5 aromatic rings. The summed E-state index contributed by atoms with van der Waals surface area (Å²) < 4.78 is 12.2. The maximum Gasteiger partial charge on any atom is 0.410 e. The number of rotatable bonds is 8. The predicted octanol–water partition coefficient (Wildman–Crippen LogP) is 7.40. The molecule has 0 bridgehead atoms. The highest BCUT2D eigenvalue weighted by Crippen LogP contribution is 2.44. The minimum Gasteiger partial charge on any atom is -0.448 e. The smallest absolute Gasteiger partial charge is 0.410 e. The standard InChI is InChI=1S/C37H31NO4/c1-38(36(40)41-26-34-32-23-13-11-21-30(32)31-22-12-14-24-33(31)34)25-35(39)42-37(27-15-5-2-6-16-27,28-17-7-3-8-18-28)29-19-9-4-10-20-29/h2-24,34H,25-26H2,1H3. The van der Waals surface area contributed by atoms with Gasteiger partial charge in [0, 0.05) is 29.7 Å². The molecule has 1 aliphatic rings. The number of nitrogens with zero attached hydrogens (tertiary/aromatic N) is 1. The summed E-state index contributed by atoms with van der Waals surface area (Å²) in [5.41, 5.74) is 5.79. The molecule has 0 heterocycles. The molecule has 1 amide bonds. The molecule has 0 radical (unpaired) electrons. The van der Waals surface area contributed by atoms with Crippen LogP contribution in [0.15, 0.2) is 140 Å². The molecule has 0 spiro atoms. The van der Waals surface area contributed by atoms with Gasteiger partial charge in [-0.25, -0.2) is 4.79 Å². The molecule has 0 unspecified atom stereocenters. The molecule has 0 atom stereocenters. The van der Waals surface area contributed by atoms with Crippen LogP contribution in [0, 0.1) is 0 Å². The van der Waals surface area contributed by atoms with Crippen LogP contribution < -0.4 is 0 Å². The second-order valence-corrected chi connectivity index (χ2v) is 10.4. The number of fused-ring (bicyclic) bond motifs is 3. The fourth-order valence-electron chi connectivity index (χ4n) is 5.86. The molecule has 0 aromatic heterocycles. The van der Waals surface area contributed by atoms with E-state index in [0.29, 0.717) is 0 Å². The Bertz CT molecular complexity index is 1540. The van der Waals surface area contributed by atoms with Gasteiger partial charge in [-0.05, 0) is 22.3 Å². The van der Waals surface area contributed by atoms with Gasteiger partial charge < -0.3 is 14.4 Å². The lowest BCUT2D eigenvalue weighted by molar-refractivity contribution is -0.154. The van der Waals surface area contributed by atoms with Crippen molar-refractivity contribution in [2.75, 3.05) is 20.2 Å². The van der Waals surface area contributed by atoms with Crippen LogP contribution in [0.2, 0.25) is 0 Å². The summed E-state index contributed by atoms with van der Waals surface area (Å²) in [6, 6.07) is 45.4. The van der Waals surface area contributed by atoms with Crippen molar-refractivity contribution in [2.45, 2.75) is 11.5 Å². The molecule has 208 valence electrons. The highest BCUT2D eigenvalue weighted by atomic mass is 16.6. The van der Waals surface area contributed by atoms with E-state index >= 15 is 0 Å². The molecule has 5 heteroatoms. The monoisotopic (exact) mass is 553 g/mol. The molecular formula is C37H31NO4. The number of benzene rings is 5. The molecule has 5 aromatic carbocycles. The Morgan fingerprint density at radius 3 is 1.48 bits per heavy atom. The third kappa shape index (κ3) is 5.06. The van der Waals surface area contributed by atoms with E-state index < -0.39 is 17.7 Å². The summed E-state index contributed by atoms with van der Waals surface area (Å²) >= 11 is 0. The lowest BCUT2D eigenvalue weighted by Gasteiger charge is -2.35. The lowest BCUT2D eigenvalue weighted by Crippen LogP contribution is -2.40. The molecule has 42 heavy (non-hydrogen) atoms. The van der Waals surface area contributed by atoms with Gasteiger partial charge >= 0.3 is 12.1 Å².